The molecule has 134 valence electrons. The van der Waals surface area contributed by atoms with Gasteiger partial charge in [-0.25, -0.2) is 9.67 Å². The van der Waals surface area contributed by atoms with E-state index in [0.29, 0.717) is 0 Å². The average molecular weight is 361 g/mol. The highest BCUT2D eigenvalue weighted by Gasteiger charge is 2.15. The molecule has 2 heterocycles. The molecule has 0 spiro atoms. The highest BCUT2D eigenvalue weighted by molar-refractivity contribution is 5.93. The normalized spacial score (nSPS) is 11.0. The molecule has 3 aromatic carbocycles. The van der Waals surface area contributed by atoms with Crippen LogP contribution in [0, 0.1) is 6.92 Å². The summed E-state index contributed by atoms with van der Waals surface area (Å²) in [7, 11) is 0. The number of rotatable bonds is 3. The van der Waals surface area contributed by atoms with Crippen molar-refractivity contribution in [3.63, 3.8) is 0 Å². The van der Waals surface area contributed by atoms with Crippen LogP contribution in [0.4, 0.5) is 0 Å². The fourth-order valence-electron chi connectivity index (χ4n) is 3.44. The largest absolute Gasteiger partial charge is 0.228 e. The lowest BCUT2D eigenvalue weighted by atomic mass is 10.1. The monoisotopic (exact) mass is 361 g/mol. The van der Waals surface area contributed by atoms with Crippen molar-refractivity contribution in [2.24, 2.45) is 0 Å². The molecule has 0 N–H and O–H groups in total. The third-order valence-electron chi connectivity index (χ3n) is 4.93. The molecule has 0 aliphatic rings. The van der Waals surface area contributed by atoms with Crippen LogP contribution in [0.5, 0.6) is 0 Å². The van der Waals surface area contributed by atoms with E-state index in [1.807, 2.05) is 41.1 Å². The molecule has 0 amide bonds. The lowest BCUT2D eigenvalue weighted by Crippen LogP contribution is -1.98. The maximum Gasteiger partial charge on any atom is 0.164 e. The van der Waals surface area contributed by atoms with E-state index in [2.05, 4.69) is 67.6 Å². The van der Waals surface area contributed by atoms with Crippen LogP contribution >= 0.6 is 0 Å². The fraction of sp³-hybridized carbons (Fsp3) is 0.0400. The van der Waals surface area contributed by atoms with Gasteiger partial charge in [0.1, 0.15) is 5.69 Å². The zero-order chi connectivity index (χ0) is 18.9. The van der Waals surface area contributed by atoms with Crippen LogP contribution in [0.2, 0.25) is 0 Å². The predicted octanol–water partition coefficient (Wildman–Crippen LogP) is 6.06. The maximum atomic E-state index is 5.00. The van der Waals surface area contributed by atoms with Crippen molar-refractivity contribution in [3.8, 4) is 28.2 Å². The molecular formula is C25H19N3. The SMILES string of the molecule is Cc1ccc(-c2ccc3c(-c4ccccc4)nn(-c4ccccc4)c3n2)cc1. The molecule has 3 heteroatoms. The minimum Gasteiger partial charge on any atom is -0.228 e. The Morgan fingerprint density at radius 1 is 0.643 bits per heavy atom. The van der Waals surface area contributed by atoms with Crippen molar-refractivity contribution in [2.75, 3.05) is 0 Å². The van der Waals surface area contributed by atoms with Gasteiger partial charge in [0.05, 0.1) is 11.4 Å². The van der Waals surface area contributed by atoms with Crippen LogP contribution in [0.3, 0.4) is 0 Å². The Hall–Kier alpha value is -3.72. The molecular weight excluding hydrogens is 342 g/mol. The number of fused-ring (bicyclic) bond motifs is 1. The molecule has 0 radical (unpaired) electrons. The predicted molar refractivity (Wildman–Crippen MR) is 114 cm³/mol. The van der Waals surface area contributed by atoms with E-state index in [0.717, 1.165) is 39.2 Å². The molecule has 0 saturated heterocycles. The summed E-state index contributed by atoms with van der Waals surface area (Å²) in [5, 5.41) is 5.98. The minimum absolute atomic E-state index is 0.864. The zero-order valence-electron chi connectivity index (χ0n) is 15.6. The number of benzene rings is 3. The first-order valence-electron chi connectivity index (χ1n) is 9.37. The minimum atomic E-state index is 0.864. The smallest absolute Gasteiger partial charge is 0.164 e. The Morgan fingerprint density at radius 2 is 1.32 bits per heavy atom. The van der Waals surface area contributed by atoms with Gasteiger partial charge >= 0.3 is 0 Å². The van der Waals surface area contributed by atoms with Crippen molar-refractivity contribution < 1.29 is 0 Å². The third-order valence-corrected chi connectivity index (χ3v) is 4.93. The number of aryl methyl sites for hydroxylation is 1. The summed E-state index contributed by atoms with van der Waals surface area (Å²) < 4.78 is 1.94. The summed E-state index contributed by atoms with van der Waals surface area (Å²) in [5.74, 6) is 0. The summed E-state index contributed by atoms with van der Waals surface area (Å²) in [6, 6.07) is 33.1. The van der Waals surface area contributed by atoms with Gasteiger partial charge in [-0.1, -0.05) is 78.4 Å². The van der Waals surface area contributed by atoms with Crippen molar-refractivity contribution in [1.29, 1.82) is 0 Å². The Balaban J connectivity index is 1.76. The third kappa shape index (κ3) is 2.87. The van der Waals surface area contributed by atoms with E-state index in [9.17, 15) is 0 Å². The Bertz CT molecular complexity index is 1240. The van der Waals surface area contributed by atoms with Crippen LogP contribution < -0.4 is 0 Å². The van der Waals surface area contributed by atoms with Gasteiger partial charge in [0.15, 0.2) is 5.65 Å². The first kappa shape index (κ1) is 16.5. The van der Waals surface area contributed by atoms with Gasteiger partial charge in [-0.15, -0.1) is 0 Å². The van der Waals surface area contributed by atoms with E-state index in [1.165, 1.54) is 5.56 Å². The lowest BCUT2D eigenvalue weighted by Gasteiger charge is -2.05. The summed E-state index contributed by atoms with van der Waals surface area (Å²) >= 11 is 0. The van der Waals surface area contributed by atoms with Crippen molar-refractivity contribution in [3.05, 3.63) is 103 Å². The van der Waals surface area contributed by atoms with Gasteiger partial charge in [-0.2, -0.15) is 5.10 Å². The molecule has 3 nitrogen and oxygen atoms in total. The van der Waals surface area contributed by atoms with Gasteiger partial charge in [-0.05, 0) is 31.2 Å². The summed E-state index contributed by atoms with van der Waals surface area (Å²) in [6.45, 7) is 2.09. The Labute approximate surface area is 163 Å². The highest BCUT2D eigenvalue weighted by Crippen LogP contribution is 2.31. The number of hydrogen-bond acceptors (Lipinski definition) is 2. The summed E-state index contributed by atoms with van der Waals surface area (Å²) in [5.41, 5.74) is 7.20. The zero-order valence-corrected chi connectivity index (χ0v) is 15.6. The lowest BCUT2D eigenvalue weighted by molar-refractivity contribution is 0.901. The molecule has 0 bridgehead atoms. The number of aromatic nitrogens is 3. The van der Waals surface area contributed by atoms with E-state index in [1.54, 1.807) is 0 Å². The molecule has 0 aliphatic carbocycles. The molecule has 0 saturated carbocycles. The Morgan fingerprint density at radius 3 is 2.04 bits per heavy atom. The number of nitrogens with zero attached hydrogens (tertiary/aromatic N) is 3. The number of para-hydroxylation sites is 1. The second-order valence-corrected chi connectivity index (χ2v) is 6.90. The van der Waals surface area contributed by atoms with Gasteiger partial charge in [0.2, 0.25) is 0 Å². The molecule has 28 heavy (non-hydrogen) atoms. The van der Waals surface area contributed by atoms with Gasteiger partial charge < -0.3 is 0 Å². The summed E-state index contributed by atoms with van der Waals surface area (Å²) in [4.78, 5) is 5.00. The first-order valence-corrected chi connectivity index (χ1v) is 9.37. The molecule has 2 aromatic heterocycles. The first-order chi connectivity index (χ1) is 13.8. The van der Waals surface area contributed by atoms with Gasteiger partial charge in [-0.3, -0.25) is 0 Å². The highest BCUT2D eigenvalue weighted by atomic mass is 15.3. The molecule has 5 rings (SSSR count). The quantitative estimate of drug-likeness (QED) is 0.391. The standard InChI is InChI=1S/C25H19N3/c1-18-12-14-19(15-13-18)23-17-16-22-24(20-8-4-2-5-9-20)27-28(25(22)26-23)21-10-6-3-7-11-21/h2-17H,1H3. The number of hydrogen-bond donors (Lipinski definition) is 0. The average Bonchev–Trinajstić information content (AvgIpc) is 3.14. The van der Waals surface area contributed by atoms with Gasteiger partial charge in [0.25, 0.3) is 0 Å². The van der Waals surface area contributed by atoms with Crippen LogP contribution in [-0.2, 0) is 0 Å². The van der Waals surface area contributed by atoms with Crippen LogP contribution in [0.15, 0.2) is 97.1 Å². The van der Waals surface area contributed by atoms with E-state index < -0.39 is 0 Å². The van der Waals surface area contributed by atoms with Gasteiger partial charge in [0, 0.05) is 16.5 Å². The van der Waals surface area contributed by atoms with Crippen LogP contribution in [-0.4, -0.2) is 14.8 Å². The van der Waals surface area contributed by atoms with Crippen molar-refractivity contribution >= 4 is 11.0 Å². The summed E-state index contributed by atoms with van der Waals surface area (Å²) in [6.07, 6.45) is 0. The second-order valence-electron chi connectivity index (χ2n) is 6.90. The van der Waals surface area contributed by atoms with Crippen LogP contribution in [0.25, 0.3) is 39.2 Å². The molecule has 0 aliphatic heterocycles. The molecule has 0 unspecified atom stereocenters. The molecule has 0 atom stereocenters. The number of pyridine rings is 1. The maximum absolute atomic E-state index is 5.00. The van der Waals surface area contributed by atoms with E-state index in [4.69, 9.17) is 10.1 Å². The molecule has 5 aromatic rings. The fourth-order valence-corrected chi connectivity index (χ4v) is 3.44. The topological polar surface area (TPSA) is 30.7 Å². The molecule has 0 fully saturated rings. The van der Waals surface area contributed by atoms with E-state index in [-0.39, 0.29) is 0 Å². The van der Waals surface area contributed by atoms with Crippen molar-refractivity contribution in [2.45, 2.75) is 6.92 Å². The Kier molecular flexibility index (Phi) is 3.99. The van der Waals surface area contributed by atoms with E-state index >= 15 is 0 Å². The van der Waals surface area contributed by atoms with Crippen molar-refractivity contribution in [1.82, 2.24) is 14.8 Å². The second kappa shape index (κ2) is 6.78. The van der Waals surface area contributed by atoms with Crippen LogP contribution in [0.1, 0.15) is 5.56 Å².